The van der Waals surface area contributed by atoms with Crippen molar-refractivity contribution in [3.05, 3.63) is 65.0 Å². The molecule has 0 bridgehead atoms. The average Bonchev–Trinajstić information content (AvgIpc) is 2.66. The summed E-state index contributed by atoms with van der Waals surface area (Å²) < 4.78 is 0. The molecule has 7 nitrogen and oxygen atoms in total. The van der Waals surface area contributed by atoms with Crippen LogP contribution in [0.25, 0.3) is 0 Å². The third kappa shape index (κ3) is 5.39. The Labute approximate surface area is 164 Å². The van der Waals surface area contributed by atoms with Crippen LogP contribution < -0.4 is 10.6 Å². The molecule has 2 rings (SSSR count). The maximum absolute atomic E-state index is 12.5. The number of hydrogen-bond acceptors (Lipinski definition) is 4. The molecule has 2 aromatic rings. The normalized spacial score (nSPS) is 12.1. The van der Waals surface area contributed by atoms with Crippen LogP contribution in [-0.4, -0.2) is 34.9 Å². The number of nitrogens with zero attached hydrogens (tertiary/aromatic N) is 1. The van der Waals surface area contributed by atoms with Crippen molar-refractivity contribution in [1.29, 1.82) is 0 Å². The van der Waals surface area contributed by atoms with Crippen LogP contribution in [0, 0.1) is 0 Å². The smallest absolute Gasteiger partial charge is 0.305 e. The van der Waals surface area contributed by atoms with Crippen molar-refractivity contribution >= 4 is 17.8 Å². The van der Waals surface area contributed by atoms with Gasteiger partial charge in [-0.05, 0) is 28.7 Å². The molecule has 2 amide bonds. The number of hydrogen-bond donors (Lipinski definition) is 3. The second-order valence-corrected chi connectivity index (χ2v) is 7.51. The van der Waals surface area contributed by atoms with Gasteiger partial charge in [-0.25, -0.2) is 0 Å². The first kappa shape index (κ1) is 21.1. The lowest BCUT2D eigenvalue weighted by atomic mass is 9.86. The Balaban J connectivity index is 2.20. The maximum atomic E-state index is 12.5. The van der Waals surface area contributed by atoms with Crippen molar-refractivity contribution in [2.75, 3.05) is 7.05 Å². The van der Waals surface area contributed by atoms with E-state index in [0.717, 1.165) is 5.56 Å². The highest BCUT2D eigenvalue weighted by Crippen LogP contribution is 2.25. The average molecular weight is 383 g/mol. The third-order valence-electron chi connectivity index (χ3n) is 4.35. The Morgan fingerprint density at radius 3 is 2.14 bits per heavy atom. The van der Waals surface area contributed by atoms with E-state index in [4.69, 9.17) is 0 Å². The lowest BCUT2D eigenvalue weighted by molar-refractivity contribution is -0.137. The molecule has 1 atom stereocenters. The van der Waals surface area contributed by atoms with Crippen LogP contribution in [0.3, 0.4) is 0 Å². The number of benzene rings is 1. The van der Waals surface area contributed by atoms with Crippen molar-refractivity contribution in [3.63, 3.8) is 0 Å². The standard InChI is InChI=1S/C21H25N3O4/c1-21(2,3)15-8-5-13(6-9-15)17(11-18(25)26)24-19(27)14-7-10-16(23-12-14)20(28)22-4/h5-10,12,17H,11H2,1-4H3,(H,22,28)(H,24,27)(H,25,26). The number of carboxylic acids is 1. The molecule has 7 heteroatoms. The predicted octanol–water partition coefficient (Wildman–Crippen LogP) is 2.68. The Morgan fingerprint density at radius 1 is 1.04 bits per heavy atom. The van der Waals surface area contributed by atoms with Gasteiger partial charge >= 0.3 is 5.97 Å². The van der Waals surface area contributed by atoms with Crippen molar-refractivity contribution in [2.24, 2.45) is 0 Å². The number of pyridine rings is 1. The van der Waals surface area contributed by atoms with Crippen molar-refractivity contribution in [1.82, 2.24) is 15.6 Å². The molecule has 0 fully saturated rings. The van der Waals surface area contributed by atoms with Gasteiger partial charge in [0.2, 0.25) is 0 Å². The minimum Gasteiger partial charge on any atom is -0.481 e. The highest BCUT2D eigenvalue weighted by Gasteiger charge is 2.21. The summed E-state index contributed by atoms with van der Waals surface area (Å²) in [6, 6.07) is 9.79. The first-order valence-electron chi connectivity index (χ1n) is 8.93. The quantitative estimate of drug-likeness (QED) is 0.711. The topological polar surface area (TPSA) is 108 Å². The summed E-state index contributed by atoms with van der Waals surface area (Å²) in [6.07, 6.45) is 1.05. The molecule has 3 N–H and O–H groups in total. The molecule has 1 aromatic carbocycles. The summed E-state index contributed by atoms with van der Waals surface area (Å²) in [5.74, 6) is -1.82. The van der Waals surface area contributed by atoms with E-state index in [1.807, 2.05) is 24.3 Å². The highest BCUT2D eigenvalue weighted by atomic mass is 16.4. The number of aromatic nitrogens is 1. The molecular formula is C21H25N3O4. The van der Waals surface area contributed by atoms with E-state index < -0.39 is 17.9 Å². The maximum Gasteiger partial charge on any atom is 0.305 e. The largest absolute Gasteiger partial charge is 0.481 e. The molecule has 0 aliphatic heterocycles. The van der Waals surface area contributed by atoms with E-state index in [1.165, 1.54) is 25.4 Å². The van der Waals surface area contributed by atoms with Gasteiger partial charge in [0.1, 0.15) is 5.69 Å². The van der Waals surface area contributed by atoms with E-state index in [2.05, 4.69) is 36.4 Å². The van der Waals surface area contributed by atoms with Gasteiger partial charge in [-0.1, -0.05) is 45.0 Å². The Bertz CT molecular complexity index is 853. The first-order chi connectivity index (χ1) is 13.1. The lowest BCUT2D eigenvalue weighted by Crippen LogP contribution is -2.30. The Kier molecular flexibility index (Phi) is 6.51. The van der Waals surface area contributed by atoms with Gasteiger partial charge in [-0.15, -0.1) is 0 Å². The molecule has 28 heavy (non-hydrogen) atoms. The molecule has 1 heterocycles. The summed E-state index contributed by atoms with van der Waals surface area (Å²) in [7, 11) is 1.49. The van der Waals surface area contributed by atoms with Crippen LogP contribution in [0.5, 0.6) is 0 Å². The molecule has 0 aliphatic rings. The Morgan fingerprint density at radius 2 is 1.68 bits per heavy atom. The number of aliphatic carboxylic acids is 1. The van der Waals surface area contributed by atoms with Crippen molar-refractivity contribution < 1.29 is 19.5 Å². The van der Waals surface area contributed by atoms with Gasteiger partial charge in [0.05, 0.1) is 18.0 Å². The van der Waals surface area contributed by atoms with Crippen LogP contribution in [0.4, 0.5) is 0 Å². The van der Waals surface area contributed by atoms with Crippen LogP contribution >= 0.6 is 0 Å². The Hall–Kier alpha value is -3.22. The van der Waals surface area contributed by atoms with Gasteiger partial charge in [0.15, 0.2) is 0 Å². The van der Waals surface area contributed by atoms with E-state index in [9.17, 15) is 19.5 Å². The molecule has 0 aliphatic carbocycles. The zero-order valence-electron chi connectivity index (χ0n) is 16.4. The van der Waals surface area contributed by atoms with Gasteiger partial charge in [-0.3, -0.25) is 19.4 Å². The van der Waals surface area contributed by atoms with E-state index in [1.54, 1.807) is 0 Å². The third-order valence-corrected chi connectivity index (χ3v) is 4.35. The van der Waals surface area contributed by atoms with E-state index in [0.29, 0.717) is 5.56 Å². The van der Waals surface area contributed by atoms with Crippen molar-refractivity contribution in [3.8, 4) is 0 Å². The van der Waals surface area contributed by atoms with Crippen LogP contribution in [0.15, 0.2) is 42.6 Å². The second kappa shape index (κ2) is 8.65. The fourth-order valence-corrected chi connectivity index (χ4v) is 2.67. The first-order valence-corrected chi connectivity index (χ1v) is 8.93. The molecule has 1 unspecified atom stereocenters. The fourth-order valence-electron chi connectivity index (χ4n) is 2.67. The second-order valence-electron chi connectivity index (χ2n) is 7.51. The molecule has 0 saturated carbocycles. The molecule has 0 spiro atoms. The van der Waals surface area contributed by atoms with Crippen LogP contribution in [-0.2, 0) is 10.2 Å². The van der Waals surface area contributed by atoms with Crippen LogP contribution in [0.1, 0.15) is 65.2 Å². The molecular weight excluding hydrogens is 358 g/mol. The minimum absolute atomic E-state index is 0.0255. The van der Waals surface area contributed by atoms with Crippen LogP contribution in [0.2, 0.25) is 0 Å². The summed E-state index contributed by atoms with van der Waals surface area (Å²) in [6.45, 7) is 6.27. The van der Waals surface area contributed by atoms with E-state index >= 15 is 0 Å². The fraction of sp³-hybridized carbons (Fsp3) is 0.333. The van der Waals surface area contributed by atoms with Gasteiger partial charge in [-0.2, -0.15) is 0 Å². The molecule has 0 saturated heterocycles. The van der Waals surface area contributed by atoms with E-state index in [-0.39, 0.29) is 29.0 Å². The summed E-state index contributed by atoms with van der Waals surface area (Å²) in [5, 5.41) is 14.4. The van der Waals surface area contributed by atoms with Gasteiger partial charge < -0.3 is 15.7 Å². The molecule has 1 aromatic heterocycles. The summed E-state index contributed by atoms with van der Waals surface area (Å²) in [5.41, 5.74) is 2.24. The summed E-state index contributed by atoms with van der Waals surface area (Å²) in [4.78, 5) is 39.3. The van der Waals surface area contributed by atoms with Gasteiger partial charge in [0.25, 0.3) is 11.8 Å². The molecule has 0 radical (unpaired) electrons. The monoisotopic (exact) mass is 383 g/mol. The number of nitrogens with one attached hydrogen (secondary N) is 2. The number of carbonyl (C=O) groups excluding carboxylic acids is 2. The SMILES string of the molecule is CNC(=O)c1ccc(C(=O)NC(CC(=O)O)c2ccc(C(C)(C)C)cc2)cn1. The number of carbonyl (C=O) groups is 3. The predicted molar refractivity (Wildman–Crippen MR) is 105 cm³/mol. The number of carboxylic acid groups (broad SMARTS) is 1. The zero-order valence-corrected chi connectivity index (χ0v) is 16.4. The summed E-state index contributed by atoms with van der Waals surface area (Å²) >= 11 is 0. The number of amides is 2. The zero-order chi connectivity index (χ0) is 20.9. The molecule has 148 valence electrons. The number of rotatable bonds is 6. The lowest BCUT2D eigenvalue weighted by Gasteiger charge is -2.22. The highest BCUT2D eigenvalue weighted by molar-refractivity contribution is 5.96. The van der Waals surface area contributed by atoms with Crippen molar-refractivity contribution in [2.45, 2.75) is 38.6 Å². The van der Waals surface area contributed by atoms with Gasteiger partial charge in [0, 0.05) is 13.2 Å². The minimum atomic E-state index is -1.02.